The molecule has 0 bridgehead atoms. The molecule has 0 heterocycles. The molecule has 2 rings (SSSR count). The van der Waals surface area contributed by atoms with E-state index < -0.39 is 0 Å². The highest BCUT2D eigenvalue weighted by atomic mass is 16.5. The first-order chi connectivity index (χ1) is 10.1. The third-order valence-electron chi connectivity index (χ3n) is 3.54. The fraction of sp³-hybridized carbons (Fsp3) is 0.412. The Kier molecular flexibility index (Phi) is 5.14. The molecule has 0 aromatic heterocycles. The second-order valence-electron chi connectivity index (χ2n) is 5.10. The van der Waals surface area contributed by atoms with Gasteiger partial charge in [0.15, 0.2) is 5.78 Å². The maximum Gasteiger partial charge on any atom is 0.310 e. The normalized spacial score (nSPS) is 18.1. The van der Waals surface area contributed by atoms with Crippen LogP contribution < -0.4 is 4.74 Å². The van der Waals surface area contributed by atoms with Gasteiger partial charge in [-0.05, 0) is 30.5 Å². The molecule has 0 fully saturated rings. The highest BCUT2D eigenvalue weighted by Gasteiger charge is 2.25. The number of methoxy groups -OCH3 is 1. The SMILES string of the molecule is CCCC(=O)OC1=CC(=O)C(c2ccc(OC)cc2)CC1. The van der Waals surface area contributed by atoms with Crippen molar-refractivity contribution in [1.29, 1.82) is 0 Å². The van der Waals surface area contributed by atoms with E-state index in [0.717, 1.165) is 17.7 Å². The van der Waals surface area contributed by atoms with Crippen molar-refractivity contribution in [3.05, 3.63) is 41.7 Å². The van der Waals surface area contributed by atoms with Crippen molar-refractivity contribution in [3.8, 4) is 5.75 Å². The van der Waals surface area contributed by atoms with Gasteiger partial charge in [0, 0.05) is 24.8 Å². The first-order valence-corrected chi connectivity index (χ1v) is 7.23. The molecule has 112 valence electrons. The lowest BCUT2D eigenvalue weighted by Gasteiger charge is -2.21. The van der Waals surface area contributed by atoms with Crippen molar-refractivity contribution in [3.63, 3.8) is 0 Å². The first-order valence-electron chi connectivity index (χ1n) is 7.23. The molecule has 1 aliphatic carbocycles. The maximum absolute atomic E-state index is 12.2. The number of rotatable bonds is 5. The Hall–Kier alpha value is -2.10. The number of carbonyl (C=O) groups excluding carboxylic acids is 2. The molecule has 0 spiro atoms. The van der Waals surface area contributed by atoms with Gasteiger partial charge in [-0.3, -0.25) is 9.59 Å². The van der Waals surface area contributed by atoms with Crippen LogP contribution in [0.3, 0.4) is 0 Å². The van der Waals surface area contributed by atoms with Gasteiger partial charge in [-0.1, -0.05) is 19.1 Å². The fourth-order valence-electron chi connectivity index (χ4n) is 2.41. The molecule has 1 unspecified atom stereocenters. The third-order valence-corrected chi connectivity index (χ3v) is 3.54. The highest BCUT2D eigenvalue weighted by Crippen LogP contribution is 2.31. The number of carbonyl (C=O) groups is 2. The molecule has 0 saturated heterocycles. The molecule has 4 heteroatoms. The van der Waals surface area contributed by atoms with Gasteiger partial charge in [-0.25, -0.2) is 0 Å². The van der Waals surface area contributed by atoms with Gasteiger partial charge in [0.2, 0.25) is 0 Å². The van der Waals surface area contributed by atoms with Crippen LogP contribution in [0.2, 0.25) is 0 Å². The zero-order chi connectivity index (χ0) is 15.2. The van der Waals surface area contributed by atoms with Gasteiger partial charge >= 0.3 is 5.97 Å². The number of esters is 1. The maximum atomic E-state index is 12.2. The number of benzene rings is 1. The van der Waals surface area contributed by atoms with Crippen molar-refractivity contribution >= 4 is 11.8 Å². The van der Waals surface area contributed by atoms with E-state index in [0.29, 0.717) is 25.0 Å². The Morgan fingerprint density at radius 2 is 2.00 bits per heavy atom. The predicted octanol–water partition coefficient (Wildman–Crippen LogP) is 3.37. The summed E-state index contributed by atoms with van der Waals surface area (Å²) in [7, 11) is 1.61. The van der Waals surface area contributed by atoms with Crippen LogP contribution in [0, 0.1) is 0 Å². The average molecular weight is 288 g/mol. The summed E-state index contributed by atoms with van der Waals surface area (Å²) in [6.45, 7) is 1.92. The van der Waals surface area contributed by atoms with E-state index in [9.17, 15) is 9.59 Å². The summed E-state index contributed by atoms with van der Waals surface area (Å²) in [4.78, 5) is 23.7. The highest BCUT2D eigenvalue weighted by molar-refractivity contribution is 5.97. The molecule has 1 atom stereocenters. The number of hydrogen-bond acceptors (Lipinski definition) is 4. The van der Waals surface area contributed by atoms with Crippen molar-refractivity contribution in [1.82, 2.24) is 0 Å². The first kappa shape index (κ1) is 15.3. The van der Waals surface area contributed by atoms with Crippen molar-refractivity contribution in [2.45, 2.75) is 38.5 Å². The molecule has 0 radical (unpaired) electrons. The van der Waals surface area contributed by atoms with Crippen molar-refractivity contribution < 1.29 is 19.1 Å². The van der Waals surface area contributed by atoms with Crippen molar-refractivity contribution in [2.24, 2.45) is 0 Å². The second kappa shape index (κ2) is 7.07. The van der Waals surface area contributed by atoms with Crippen LogP contribution in [0.5, 0.6) is 5.75 Å². The molecular weight excluding hydrogens is 268 g/mol. The van der Waals surface area contributed by atoms with Gasteiger partial charge in [0.1, 0.15) is 11.5 Å². The summed E-state index contributed by atoms with van der Waals surface area (Å²) in [5.74, 6) is 0.824. The number of allylic oxidation sites excluding steroid dienone is 2. The summed E-state index contributed by atoms with van der Waals surface area (Å²) < 4.78 is 10.3. The van der Waals surface area contributed by atoms with Crippen LogP contribution in [-0.4, -0.2) is 18.9 Å². The van der Waals surface area contributed by atoms with E-state index in [-0.39, 0.29) is 17.7 Å². The molecule has 0 saturated carbocycles. The fourth-order valence-corrected chi connectivity index (χ4v) is 2.41. The molecule has 0 aliphatic heterocycles. The van der Waals surface area contributed by atoms with Crippen molar-refractivity contribution in [2.75, 3.05) is 7.11 Å². The molecular formula is C17H20O4. The molecule has 1 aromatic rings. The Morgan fingerprint density at radius 1 is 1.29 bits per heavy atom. The number of hydrogen-bond donors (Lipinski definition) is 0. The van der Waals surface area contributed by atoms with Gasteiger partial charge in [-0.15, -0.1) is 0 Å². The number of ketones is 1. The Bertz CT molecular complexity index is 542. The minimum absolute atomic E-state index is 0.00860. The van der Waals surface area contributed by atoms with Crippen LogP contribution in [-0.2, 0) is 14.3 Å². The van der Waals surface area contributed by atoms with E-state index in [1.54, 1.807) is 7.11 Å². The van der Waals surface area contributed by atoms with Gasteiger partial charge in [0.05, 0.1) is 7.11 Å². The number of ether oxygens (including phenoxy) is 2. The zero-order valence-electron chi connectivity index (χ0n) is 12.4. The lowest BCUT2D eigenvalue weighted by atomic mass is 9.86. The van der Waals surface area contributed by atoms with E-state index >= 15 is 0 Å². The Labute approximate surface area is 124 Å². The summed E-state index contributed by atoms with van der Waals surface area (Å²) in [5.41, 5.74) is 0.969. The Morgan fingerprint density at radius 3 is 2.57 bits per heavy atom. The van der Waals surface area contributed by atoms with Crippen LogP contribution in [0.25, 0.3) is 0 Å². The average Bonchev–Trinajstić information content (AvgIpc) is 2.48. The Balaban J connectivity index is 2.04. The standard InChI is InChI=1S/C17H20O4/c1-3-4-17(19)21-14-9-10-15(16(18)11-14)12-5-7-13(20-2)8-6-12/h5-8,11,15H,3-4,9-10H2,1-2H3. The van der Waals surface area contributed by atoms with E-state index in [1.165, 1.54) is 6.08 Å². The largest absolute Gasteiger partial charge is 0.497 e. The van der Waals surface area contributed by atoms with E-state index in [4.69, 9.17) is 9.47 Å². The lowest BCUT2D eigenvalue weighted by Crippen LogP contribution is -2.18. The van der Waals surface area contributed by atoms with Crippen LogP contribution >= 0.6 is 0 Å². The van der Waals surface area contributed by atoms with Crippen LogP contribution in [0.15, 0.2) is 36.1 Å². The summed E-state index contributed by atoms with van der Waals surface area (Å²) in [6, 6.07) is 7.51. The minimum Gasteiger partial charge on any atom is -0.497 e. The minimum atomic E-state index is -0.264. The van der Waals surface area contributed by atoms with Crippen LogP contribution in [0.1, 0.15) is 44.1 Å². The van der Waals surface area contributed by atoms with Crippen LogP contribution in [0.4, 0.5) is 0 Å². The molecule has 0 N–H and O–H groups in total. The molecule has 0 amide bonds. The monoisotopic (exact) mass is 288 g/mol. The van der Waals surface area contributed by atoms with Gasteiger partial charge < -0.3 is 9.47 Å². The smallest absolute Gasteiger partial charge is 0.310 e. The predicted molar refractivity (Wildman–Crippen MR) is 79.1 cm³/mol. The lowest BCUT2D eigenvalue weighted by molar-refractivity contribution is -0.139. The van der Waals surface area contributed by atoms with Gasteiger partial charge in [-0.2, -0.15) is 0 Å². The van der Waals surface area contributed by atoms with E-state index in [1.807, 2.05) is 31.2 Å². The molecule has 1 aliphatic rings. The summed E-state index contributed by atoms with van der Waals surface area (Å²) >= 11 is 0. The van der Waals surface area contributed by atoms with Gasteiger partial charge in [0.25, 0.3) is 0 Å². The quantitative estimate of drug-likeness (QED) is 0.779. The summed E-state index contributed by atoms with van der Waals surface area (Å²) in [6.07, 6.45) is 3.86. The second-order valence-corrected chi connectivity index (χ2v) is 5.10. The topological polar surface area (TPSA) is 52.6 Å². The molecule has 21 heavy (non-hydrogen) atoms. The van der Waals surface area contributed by atoms with E-state index in [2.05, 4.69) is 0 Å². The molecule has 1 aromatic carbocycles. The third kappa shape index (κ3) is 3.94. The molecule has 4 nitrogen and oxygen atoms in total. The summed E-state index contributed by atoms with van der Waals surface area (Å²) in [5, 5.41) is 0. The zero-order valence-corrected chi connectivity index (χ0v) is 12.4.